The van der Waals surface area contributed by atoms with Crippen molar-refractivity contribution in [2.75, 3.05) is 17.2 Å². The maximum atomic E-state index is 13.3. The number of hydrogen-bond donors (Lipinski definition) is 4. The molecule has 0 saturated heterocycles. The number of carbonyl (C=O) groups excluding carboxylic acids is 2. The number of nitrogens with one attached hydrogen (secondary N) is 4. The molecule has 2 unspecified atom stereocenters. The SMILES string of the molecule is CC1c2c(sc(NC(=O)C3CC3)c2C(=O)NCC2CC2)CCC1NC(=S)Nc1cc(C(F)(F)F)nn1C. The number of thiophene rings is 1. The van der Waals surface area contributed by atoms with Crippen molar-refractivity contribution >= 4 is 51.3 Å². The molecule has 5 rings (SSSR count). The van der Waals surface area contributed by atoms with Gasteiger partial charge in [-0.3, -0.25) is 14.3 Å². The fraction of sp³-hybridized carbons (Fsp3) is 0.583. The van der Waals surface area contributed by atoms with Gasteiger partial charge >= 0.3 is 6.18 Å². The highest BCUT2D eigenvalue weighted by Crippen LogP contribution is 2.44. The van der Waals surface area contributed by atoms with Crippen molar-refractivity contribution in [1.82, 2.24) is 20.4 Å². The van der Waals surface area contributed by atoms with Gasteiger partial charge in [0.15, 0.2) is 10.8 Å². The van der Waals surface area contributed by atoms with Crippen LogP contribution in [-0.2, 0) is 24.4 Å². The van der Waals surface area contributed by atoms with E-state index in [2.05, 4.69) is 26.4 Å². The lowest BCUT2D eigenvalue weighted by Crippen LogP contribution is -2.43. The maximum Gasteiger partial charge on any atom is 0.435 e. The number of nitrogens with zero attached hydrogens (tertiary/aromatic N) is 2. The Labute approximate surface area is 221 Å². The zero-order valence-electron chi connectivity index (χ0n) is 20.5. The molecule has 200 valence electrons. The molecule has 2 fully saturated rings. The van der Waals surface area contributed by atoms with E-state index in [1.54, 1.807) is 0 Å². The number of alkyl halides is 3. The average molecular weight is 555 g/mol. The van der Waals surface area contributed by atoms with Crippen LogP contribution in [0.3, 0.4) is 0 Å². The molecule has 4 N–H and O–H groups in total. The standard InChI is InChI=1S/C24H29F3N6O2S2/c1-11-14(29-23(36)30-17-9-16(24(25,26)27)32-33(17)2)7-8-15-18(11)19(21(35)28-10-12-3-4-12)22(37-15)31-20(34)13-5-6-13/h9,11-14H,3-8,10H2,1-2H3,(H,28,35)(H,31,34)(H2,29,30,36). The van der Waals surface area contributed by atoms with Gasteiger partial charge in [0.2, 0.25) is 5.91 Å². The van der Waals surface area contributed by atoms with Crippen LogP contribution in [-0.4, -0.2) is 39.3 Å². The topological polar surface area (TPSA) is 100 Å². The molecule has 8 nitrogen and oxygen atoms in total. The molecular formula is C24H29F3N6O2S2. The van der Waals surface area contributed by atoms with Crippen LogP contribution < -0.4 is 21.3 Å². The van der Waals surface area contributed by atoms with Crippen LogP contribution in [0.1, 0.15) is 71.4 Å². The molecule has 2 saturated carbocycles. The second-order valence-corrected chi connectivity index (χ2v) is 11.6. The average Bonchev–Trinajstić information content (AvgIpc) is 3.75. The zero-order chi connectivity index (χ0) is 26.5. The molecule has 2 atom stereocenters. The molecule has 3 aliphatic rings. The summed E-state index contributed by atoms with van der Waals surface area (Å²) in [5, 5.41) is 16.3. The van der Waals surface area contributed by atoms with Gasteiger partial charge in [-0.25, -0.2) is 0 Å². The summed E-state index contributed by atoms with van der Waals surface area (Å²) in [6.45, 7) is 2.62. The van der Waals surface area contributed by atoms with Crippen LogP contribution in [0.4, 0.5) is 24.0 Å². The molecule has 2 amide bonds. The van der Waals surface area contributed by atoms with Gasteiger partial charge in [0.1, 0.15) is 10.8 Å². The lowest BCUT2D eigenvalue weighted by molar-refractivity contribution is -0.141. The molecule has 0 aliphatic heterocycles. The first-order chi connectivity index (χ1) is 17.5. The van der Waals surface area contributed by atoms with E-state index in [1.807, 2.05) is 6.92 Å². The van der Waals surface area contributed by atoms with E-state index in [9.17, 15) is 22.8 Å². The summed E-state index contributed by atoms with van der Waals surface area (Å²) in [5.41, 5.74) is 0.418. The zero-order valence-corrected chi connectivity index (χ0v) is 22.1. The summed E-state index contributed by atoms with van der Waals surface area (Å²) in [7, 11) is 1.41. The van der Waals surface area contributed by atoms with Crippen LogP contribution in [0.25, 0.3) is 0 Å². The molecule has 0 bridgehead atoms. The van der Waals surface area contributed by atoms with Crippen LogP contribution >= 0.6 is 23.6 Å². The predicted octanol–water partition coefficient (Wildman–Crippen LogP) is 4.39. The molecule has 37 heavy (non-hydrogen) atoms. The highest BCUT2D eigenvalue weighted by molar-refractivity contribution is 7.80. The smallest absolute Gasteiger partial charge is 0.359 e. The van der Waals surface area contributed by atoms with E-state index in [4.69, 9.17) is 12.2 Å². The summed E-state index contributed by atoms with van der Waals surface area (Å²) in [4.78, 5) is 26.9. The Kier molecular flexibility index (Phi) is 6.94. The summed E-state index contributed by atoms with van der Waals surface area (Å²) in [6, 6.07) is 0.756. The number of fused-ring (bicyclic) bond motifs is 1. The van der Waals surface area contributed by atoms with E-state index < -0.39 is 11.9 Å². The first-order valence-corrected chi connectivity index (χ1v) is 13.7. The number of aryl methyl sites for hydroxylation is 2. The van der Waals surface area contributed by atoms with Crippen molar-refractivity contribution in [2.24, 2.45) is 18.9 Å². The van der Waals surface area contributed by atoms with Gasteiger partial charge in [0.25, 0.3) is 5.91 Å². The number of halogens is 3. The normalized spacial score (nSPS) is 21.2. The summed E-state index contributed by atoms with van der Waals surface area (Å²) in [5.74, 6) is 0.305. The molecule has 0 radical (unpaired) electrons. The molecule has 3 aliphatic carbocycles. The Morgan fingerprint density at radius 1 is 1.19 bits per heavy atom. The van der Waals surface area contributed by atoms with Gasteiger partial charge in [0, 0.05) is 42.4 Å². The predicted molar refractivity (Wildman–Crippen MR) is 139 cm³/mol. The number of amides is 2. The van der Waals surface area contributed by atoms with Crippen LogP contribution in [0, 0.1) is 11.8 Å². The lowest BCUT2D eigenvalue weighted by atomic mass is 9.82. The third-order valence-electron chi connectivity index (χ3n) is 7.15. The Balaban J connectivity index is 1.33. The lowest BCUT2D eigenvalue weighted by Gasteiger charge is -2.31. The van der Waals surface area contributed by atoms with Crippen molar-refractivity contribution in [3.8, 4) is 0 Å². The Bertz CT molecular complexity index is 1230. The molecule has 2 aromatic rings. The molecule has 2 aromatic heterocycles. The number of rotatable bonds is 7. The Morgan fingerprint density at radius 2 is 1.92 bits per heavy atom. The first kappa shape index (κ1) is 26.0. The number of thiocarbonyl (C=S) groups is 1. The molecule has 0 spiro atoms. The second-order valence-electron chi connectivity index (χ2n) is 10.1. The van der Waals surface area contributed by atoms with E-state index in [0.717, 1.165) is 53.3 Å². The van der Waals surface area contributed by atoms with Crippen molar-refractivity contribution in [1.29, 1.82) is 0 Å². The molecular weight excluding hydrogens is 525 g/mol. The molecule has 0 aromatic carbocycles. The highest BCUT2D eigenvalue weighted by atomic mass is 32.1. The van der Waals surface area contributed by atoms with E-state index >= 15 is 0 Å². The fourth-order valence-corrected chi connectivity index (χ4v) is 6.23. The van der Waals surface area contributed by atoms with Gasteiger partial charge in [-0.1, -0.05) is 6.92 Å². The first-order valence-electron chi connectivity index (χ1n) is 12.4. The third kappa shape index (κ3) is 5.77. The fourth-order valence-electron chi connectivity index (χ4n) is 4.66. The summed E-state index contributed by atoms with van der Waals surface area (Å²) >= 11 is 6.87. The summed E-state index contributed by atoms with van der Waals surface area (Å²) < 4.78 is 40.1. The quantitative estimate of drug-likeness (QED) is 0.379. The van der Waals surface area contributed by atoms with Gasteiger partial charge in [0.05, 0.1) is 5.56 Å². The maximum absolute atomic E-state index is 13.3. The Morgan fingerprint density at radius 3 is 2.54 bits per heavy atom. The van der Waals surface area contributed by atoms with Gasteiger partial charge < -0.3 is 21.3 Å². The molecule has 2 heterocycles. The van der Waals surface area contributed by atoms with E-state index in [1.165, 1.54) is 18.4 Å². The minimum atomic E-state index is -4.55. The van der Waals surface area contributed by atoms with Crippen molar-refractivity contribution in [3.63, 3.8) is 0 Å². The number of carbonyl (C=O) groups is 2. The van der Waals surface area contributed by atoms with Gasteiger partial charge in [-0.2, -0.15) is 18.3 Å². The van der Waals surface area contributed by atoms with Crippen molar-refractivity contribution in [2.45, 2.75) is 63.6 Å². The highest BCUT2D eigenvalue weighted by Gasteiger charge is 2.38. The Hall–Kier alpha value is -2.67. The van der Waals surface area contributed by atoms with Crippen LogP contribution in [0.15, 0.2) is 6.07 Å². The van der Waals surface area contributed by atoms with E-state index in [0.29, 0.717) is 29.4 Å². The van der Waals surface area contributed by atoms with Crippen molar-refractivity contribution in [3.05, 3.63) is 27.8 Å². The summed E-state index contributed by atoms with van der Waals surface area (Å²) in [6.07, 6.45) is 0.819. The minimum absolute atomic E-state index is 0.0154. The van der Waals surface area contributed by atoms with Crippen molar-refractivity contribution < 1.29 is 22.8 Å². The molecule has 13 heteroatoms. The number of hydrogen-bond acceptors (Lipinski definition) is 5. The van der Waals surface area contributed by atoms with E-state index in [-0.39, 0.29) is 40.6 Å². The third-order valence-corrected chi connectivity index (χ3v) is 8.55. The van der Waals surface area contributed by atoms with Gasteiger partial charge in [-0.05, 0) is 62.2 Å². The number of anilines is 2. The van der Waals surface area contributed by atoms with Gasteiger partial charge in [-0.15, -0.1) is 11.3 Å². The monoisotopic (exact) mass is 554 g/mol. The van der Waals surface area contributed by atoms with Crippen LogP contribution in [0.2, 0.25) is 0 Å². The minimum Gasteiger partial charge on any atom is -0.359 e. The number of aromatic nitrogens is 2. The van der Waals surface area contributed by atoms with Crippen LogP contribution in [0.5, 0.6) is 0 Å². The largest absolute Gasteiger partial charge is 0.435 e. The second kappa shape index (κ2) is 9.90.